The zero-order chi connectivity index (χ0) is 13.9. The van der Waals surface area contributed by atoms with Gasteiger partial charge in [-0.25, -0.2) is 4.39 Å². The molecule has 5 heteroatoms. The van der Waals surface area contributed by atoms with Crippen LogP contribution in [0.2, 0.25) is 0 Å². The number of nitrogens with one attached hydrogen (secondary N) is 1. The van der Waals surface area contributed by atoms with E-state index in [-0.39, 0.29) is 11.7 Å². The van der Waals surface area contributed by atoms with E-state index >= 15 is 0 Å². The molecule has 1 fully saturated rings. The second-order valence-electron chi connectivity index (χ2n) is 4.79. The number of amides is 1. The van der Waals surface area contributed by atoms with Crippen LogP contribution in [0.5, 0.6) is 0 Å². The highest BCUT2D eigenvalue weighted by Crippen LogP contribution is 2.30. The van der Waals surface area contributed by atoms with Gasteiger partial charge in [0.15, 0.2) is 0 Å². The fourth-order valence-electron chi connectivity index (χ4n) is 2.43. The van der Waals surface area contributed by atoms with Gasteiger partial charge < -0.3 is 10.2 Å². The minimum atomic E-state index is -0.338. The highest BCUT2D eigenvalue weighted by molar-refractivity contribution is 7.12. The summed E-state index contributed by atoms with van der Waals surface area (Å²) in [6.07, 6.45) is 2.27. The SMILES string of the molecule is O=C(Nc1cc(F)ccc1N1CCCC1)c1cccs1. The highest BCUT2D eigenvalue weighted by atomic mass is 32.1. The summed E-state index contributed by atoms with van der Waals surface area (Å²) in [5.41, 5.74) is 1.44. The number of carbonyl (C=O) groups is 1. The van der Waals surface area contributed by atoms with Crippen LogP contribution in [-0.4, -0.2) is 19.0 Å². The normalized spacial score (nSPS) is 14.6. The minimum Gasteiger partial charge on any atom is -0.370 e. The van der Waals surface area contributed by atoms with E-state index in [1.807, 2.05) is 11.4 Å². The summed E-state index contributed by atoms with van der Waals surface area (Å²) in [6.45, 7) is 1.90. The lowest BCUT2D eigenvalue weighted by Gasteiger charge is -2.21. The number of hydrogen-bond acceptors (Lipinski definition) is 3. The second kappa shape index (κ2) is 5.63. The predicted octanol–water partition coefficient (Wildman–Crippen LogP) is 3.74. The third kappa shape index (κ3) is 2.67. The van der Waals surface area contributed by atoms with Gasteiger partial charge in [0, 0.05) is 13.1 Å². The zero-order valence-electron chi connectivity index (χ0n) is 10.9. The molecular formula is C15H15FN2OS. The Morgan fingerprint density at radius 1 is 1.25 bits per heavy atom. The number of anilines is 2. The summed E-state index contributed by atoms with van der Waals surface area (Å²) in [4.78, 5) is 14.9. The summed E-state index contributed by atoms with van der Waals surface area (Å²) < 4.78 is 13.5. The summed E-state index contributed by atoms with van der Waals surface area (Å²) >= 11 is 1.37. The molecule has 1 aliphatic rings. The Morgan fingerprint density at radius 2 is 2.05 bits per heavy atom. The quantitative estimate of drug-likeness (QED) is 0.934. The Morgan fingerprint density at radius 3 is 2.75 bits per heavy atom. The molecule has 1 N–H and O–H groups in total. The standard InChI is InChI=1S/C15H15FN2OS/c16-11-5-6-13(18-7-1-2-8-18)12(10-11)17-15(19)14-4-3-9-20-14/h3-6,9-10H,1-2,7-8H2,(H,17,19). The average molecular weight is 290 g/mol. The first kappa shape index (κ1) is 13.1. The van der Waals surface area contributed by atoms with Crippen LogP contribution in [0.4, 0.5) is 15.8 Å². The number of nitrogens with zero attached hydrogens (tertiary/aromatic N) is 1. The van der Waals surface area contributed by atoms with E-state index < -0.39 is 0 Å². The molecule has 0 spiro atoms. The van der Waals surface area contributed by atoms with Gasteiger partial charge in [-0.05, 0) is 42.5 Å². The molecule has 3 nitrogen and oxygen atoms in total. The van der Waals surface area contributed by atoms with Crippen molar-refractivity contribution in [3.63, 3.8) is 0 Å². The zero-order valence-corrected chi connectivity index (χ0v) is 11.8. The molecule has 1 aromatic heterocycles. The van der Waals surface area contributed by atoms with E-state index in [4.69, 9.17) is 0 Å². The first-order valence-electron chi connectivity index (χ1n) is 6.63. The van der Waals surface area contributed by atoms with Gasteiger partial charge in [-0.3, -0.25) is 4.79 Å². The summed E-state index contributed by atoms with van der Waals surface area (Å²) in [5.74, 6) is -0.527. The molecule has 0 unspecified atom stereocenters. The van der Waals surface area contributed by atoms with Crippen molar-refractivity contribution in [2.75, 3.05) is 23.3 Å². The van der Waals surface area contributed by atoms with Gasteiger partial charge in [-0.2, -0.15) is 0 Å². The average Bonchev–Trinajstić information content (AvgIpc) is 3.12. The van der Waals surface area contributed by atoms with Crippen molar-refractivity contribution in [2.45, 2.75) is 12.8 Å². The smallest absolute Gasteiger partial charge is 0.265 e. The first-order chi connectivity index (χ1) is 9.74. The van der Waals surface area contributed by atoms with Crippen molar-refractivity contribution < 1.29 is 9.18 Å². The summed E-state index contributed by atoms with van der Waals surface area (Å²) in [6, 6.07) is 8.15. The minimum absolute atomic E-state index is 0.189. The van der Waals surface area contributed by atoms with Gasteiger partial charge in [0.1, 0.15) is 5.82 Å². The molecule has 2 heterocycles. The fraction of sp³-hybridized carbons (Fsp3) is 0.267. The Kier molecular flexibility index (Phi) is 3.69. The molecule has 1 saturated heterocycles. The maximum atomic E-state index is 13.5. The Labute approximate surface area is 121 Å². The molecule has 0 saturated carbocycles. The molecule has 0 aliphatic carbocycles. The maximum absolute atomic E-state index is 13.5. The van der Waals surface area contributed by atoms with Crippen molar-refractivity contribution in [3.05, 3.63) is 46.4 Å². The van der Waals surface area contributed by atoms with Crippen LogP contribution in [0.15, 0.2) is 35.7 Å². The van der Waals surface area contributed by atoms with Crippen LogP contribution in [0.1, 0.15) is 22.5 Å². The van der Waals surface area contributed by atoms with Gasteiger partial charge in [-0.1, -0.05) is 6.07 Å². The lowest BCUT2D eigenvalue weighted by molar-refractivity contribution is 0.103. The molecule has 2 aromatic rings. The molecule has 20 heavy (non-hydrogen) atoms. The summed E-state index contributed by atoms with van der Waals surface area (Å²) in [5, 5.41) is 4.67. The van der Waals surface area contributed by atoms with Crippen LogP contribution in [-0.2, 0) is 0 Å². The third-order valence-corrected chi connectivity index (χ3v) is 4.27. The van der Waals surface area contributed by atoms with Crippen LogP contribution >= 0.6 is 11.3 Å². The van der Waals surface area contributed by atoms with Crippen LogP contribution in [0.3, 0.4) is 0 Å². The van der Waals surface area contributed by atoms with E-state index in [0.29, 0.717) is 10.6 Å². The van der Waals surface area contributed by atoms with Crippen molar-refractivity contribution in [3.8, 4) is 0 Å². The molecular weight excluding hydrogens is 275 g/mol. The van der Waals surface area contributed by atoms with E-state index in [2.05, 4.69) is 10.2 Å². The third-order valence-electron chi connectivity index (χ3n) is 3.40. The Bertz CT molecular complexity index is 606. The highest BCUT2D eigenvalue weighted by Gasteiger charge is 2.18. The topological polar surface area (TPSA) is 32.3 Å². The lowest BCUT2D eigenvalue weighted by atomic mass is 10.2. The number of halogens is 1. The second-order valence-corrected chi connectivity index (χ2v) is 5.73. The van der Waals surface area contributed by atoms with Crippen molar-refractivity contribution in [1.82, 2.24) is 0 Å². The predicted molar refractivity (Wildman–Crippen MR) is 80.1 cm³/mol. The molecule has 104 valence electrons. The van der Waals surface area contributed by atoms with Gasteiger partial charge in [0.25, 0.3) is 5.91 Å². The first-order valence-corrected chi connectivity index (χ1v) is 7.51. The van der Waals surface area contributed by atoms with E-state index in [0.717, 1.165) is 31.6 Å². The van der Waals surface area contributed by atoms with Gasteiger partial charge in [0.2, 0.25) is 0 Å². The number of thiophene rings is 1. The maximum Gasteiger partial charge on any atom is 0.265 e. The van der Waals surface area contributed by atoms with E-state index in [9.17, 15) is 9.18 Å². The van der Waals surface area contributed by atoms with Crippen molar-refractivity contribution >= 4 is 28.6 Å². The molecule has 1 aliphatic heterocycles. The van der Waals surface area contributed by atoms with Crippen LogP contribution in [0, 0.1) is 5.82 Å². The van der Waals surface area contributed by atoms with Gasteiger partial charge in [0.05, 0.1) is 16.3 Å². The van der Waals surface area contributed by atoms with Crippen LogP contribution < -0.4 is 10.2 Å². The molecule has 0 bridgehead atoms. The monoisotopic (exact) mass is 290 g/mol. The number of rotatable bonds is 3. The Balaban J connectivity index is 1.87. The number of benzene rings is 1. The lowest BCUT2D eigenvalue weighted by Crippen LogP contribution is -2.21. The van der Waals surface area contributed by atoms with E-state index in [1.165, 1.54) is 23.5 Å². The molecule has 0 radical (unpaired) electrons. The molecule has 0 atom stereocenters. The van der Waals surface area contributed by atoms with Crippen molar-refractivity contribution in [2.24, 2.45) is 0 Å². The van der Waals surface area contributed by atoms with Gasteiger partial charge >= 0.3 is 0 Å². The molecule has 1 aromatic carbocycles. The largest absolute Gasteiger partial charge is 0.370 e. The fourth-order valence-corrected chi connectivity index (χ4v) is 3.05. The molecule has 3 rings (SSSR count). The van der Waals surface area contributed by atoms with Crippen molar-refractivity contribution in [1.29, 1.82) is 0 Å². The number of hydrogen-bond donors (Lipinski definition) is 1. The Hall–Kier alpha value is -1.88. The van der Waals surface area contributed by atoms with E-state index in [1.54, 1.807) is 12.1 Å². The number of carbonyl (C=O) groups excluding carboxylic acids is 1. The van der Waals surface area contributed by atoms with Gasteiger partial charge in [-0.15, -0.1) is 11.3 Å². The molecule has 1 amide bonds. The summed E-state index contributed by atoms with van der Waals surface area (Å²) in [7, 11) is 0. The van der Waals surface area contributed by atoms with Crippen LogP contribution in [0.25, 0.3) is 0 Å².